The Hall–Kier alpha value is -2.08. The number of rotatable bonds is 9. The molecule has 140 valence electrons. The zero-order chi connectivity index (χ0) is 18.0. The van der Waals surface area contributed by atoms with E-state index in [4.69, 9.17) is 15.2 Å². The summed E-state index contributed by atoms with van der Waals surface area (Å²) in [7, 11) is 0. The summed E-state index contributed by atoms with van der Waals surface area (Å²) in [5.41, 5.74) is 9.72. The third kappa shape index (κ3) is 6.02. The van der Waals surface area contributed by atoms with Gasteiger partial charge in [0.15, 0.2) is 0 Å². The summed E-state index contributed by atoms with van der Waals surface area (Å²) in [6.07, 6.45) is 0.839. The van der Waals surface area contributed by atoms with Crippen LogP contribution in [0.3, 0.4) is 0 Å². The minimum atomic E-state index is 0.0738. The van der Waals surface area contributed by atoms with Gasteiger partial charge >= 0.3 is 0 Å². The van der Waals surface area contributed by atoms with Crippen LogP contribution in [0.15, 0.2) is 54.6 Å². The molecule has 3 N–H and O–H groups in total. The van der Waals surface area contributed by atoms with Crippen LogP contribution < -0.4 is 16.0 Å². The maximum atomic E-state index is 6.18. The van der Waals surface area contributed by atoms with E-state index in [1.807, 2.05) is 18.2 Å². The maximum absolute atomic E-state index is 6.18. The molecule has 0 bridgehead atoms. The molecule has 26 heavy (non-hydrogen) atoms. The molecule has 0 aromatic heterocycles. The molecule has 0 aliphatic carbocycles. The van der Waals surface area contributed by atoms with E-state index in [1.165, 1.54) is 11.3 Å². The van der Waals surface area contributed by atoms with Crippen molar-refractivity contribution in [2.45, 2.75) is 19.1 Å². The molecule has 3 rings (SSSR count). The first-order chi connectivity index (χ1) is 12.8. The predicted molar refractivity (Wildman–Crippen MR) is 107 cm³/mol. The van der Waals surface area contributed by atoms with Crippen LogP contribution in [0.25, 0.3) is 0 Å². The Morgan fingerprint density at radius 1 is 1.04 bits per heavy atom. The van der Waals surface area contributed by atoms with E-state index in [-0.39, 0.29) is 6.04 Å². The average Bonchev–Trinajstić information content (AvgIpc) is 2.71. The molecule has 2 aromatic rings. The van der Waals surface area contributed by atoms with Crippen LogP contribution in [0.4, 0.5) is 11.4 Å². The van der Waals surface area contributed by atoms with Crippen LogP contribution in [-0.2, 0) is 16.1 Å². The Kier molecular flexibility index (Phi) is 7.31. The lowest BCUT2D eigenvalue weighted by Gasteiger charge is -2.29. The molecule has 0 amide bonds. The average molecular weight is 355 g/mol. The zero-order valence-corrected chi connectivity index (χ0v) is 15.3. The third-order valence-electron chi connectivity index (χ3n) is 4.56. The van der Waals surface area contributed by atoms with Gasteiger partial charge in [-0.1, -0.05) is 30.3 Å². The molecule has 1 atom stereocenters. The Morgan fingerprint density at radius 2 is 1.77 bits per heavy atom. The van der Waals surface area contributed by atoms with Crippen molar-refractivity contribution in [2.24, 2.45) is 5.73 Å². The van der Waals surface area contributed by atoms with Crippen LogP contribution in [0.5, 0.6) is 0 Å². The fraction of sp³-hybridized carbons (Fsp3) is 0.429. The molecule has 5 heteroatoms. The summed E-state index contributed by atoms with van der Waals surface area (Å²) in [6.45, 7) is 5.59. The SMILES string of the molecule is N[C@@H](CCOCc1ccccc1)CNc1ccc(N2CCOCC2)cc1. The van der Waals surface area contributed by atoms with E-state index in [9.17, 15) is 0 Å². The van der Waals surface area contributed by atoms with Gasteiger partial charge in [-0.15, -0.1) is 0 Å². The number of benzene rings is 2. The molecule has 1 aliphatic rings. The monoisotopic (exact) mass is 355 g/mol. The molecule has 0 unspecified atom stereocenters. The first kappa shape index (κ1) is 18.7. The Balaban J connectivity index is 1.33. The number of hydrogen-bond acceptors (Lipinski definition) is 5. The molecule has 1 heterocycles. The third-order valence-corrected chi connectivity index (χ3v) is 4.56. The normalized spacial score (nSPS) is 15.7. The number of nitrogens with zero attached hydrogens (tertiary/aromatic N) is 1. The van der Waals surface area contributed by atoms with Gasteiger partial charge in [0.2, 0.25) is 0 Å². The Bertz CT molecular complexity index is 627. The predicted octanol–water partition coefficient (Wildman–Crippen LogP) is 2.87. The molecular formula is C21H29N3O2. The lowest BCUT2D eigenvalue weighted by atomic mass is 10.2. The topological polar surface area (TPSA) is 59.8 Å². The van der Waals surface area contributed by atoms with E-state index in [0.717, 1.165) is 45.0 Å². The van der Waals surface area contributed by atoms with Gasteiger partial charge < -0.3 is 25.4 Å². The molecule has 2 aromatic carbocycles. The minimum Gasteiger partial charge on any atom is -0.383 e. The summed E-state index contributed by atoms with van der Waals surface area (Å²) >= 11 is 0. The quantitative estimate of drug-likeness (QED) is 0.678. The first-order valence-electron chi connectivity index (χ1n) is 9.35. The van der Waals surface area contributed by atoms with Gasteiger partial charge in [-0.3, -0.25) is 0 Å². The van der Waals surface area contributed by atoms with E-state index < -0.39 is 0 Å². The van der Waals surface area contributed by atoms with Gasteiger partial charge in [-0.05, 0) is 36.2 Å². The summed E-state index contributed by atoms with van der Waals surface area (Å²) in [6, 6.07) is 18.8. The van der Waals surface area contributed by atoms with E-state index in [0.29, 0.717) is 13.2 Å². The number of morpholine rings is 1. The number of anilines is 2. The fourth-order valence-electron chi connectivity index (χ4n) is 2.96. The van der Waals surface area contributed by atoms with Crippen molar-refractivity contribution >= 4 is 11.4 Å². The molecule has 0 saturated carbocycles. The van der Waals surface area contributed by atoms with Crippen molar-refractivity contribution in [3.05, 3.63) is 60.2 Å². The molecular weight excluding hydrogens is 326 g/mol. The first-order valence-corrected chi connectivity index (χ1v) is 9.35. The van der Waals surface area contributed by atoms with Crippen LogP contribution in [0, 0.1) is 0 Å². The highest BCUT2D eigenvalue weighted by molar-refractivity contribution is 5.55. The number of ether oxygens (including phenoxy) is 2. The second-order valence-corrected chi connectivity index (χ2v) is 6.61. The Morgan fingerprint density at radius 3 is 2.50 bits per heavy atom. The summed E-state index contributed by atoms with van der Waals surface area (Å²) in [5.74, 6) is 0. The van der Waals surface area contributed by atoms with Gasteiger partial charge in [-0.2, -0.15) is 0 Å². The second-order valence-electron chi connectivity index (χ2n) is 6.61. The van der Waals surface area contributed by atoms with Crippen LogP contribution in [0.1, 0.15) is 12.0 Å². The highest BCUT2D eigenvalue weighted by Gasteiger charge is 2.10. The summed E-state index contributed by atoms with van der Waals surface area (Å²) < 4.78 is 11.1. The molecule has 1 saturated heterocycles. The van der Waals surface area contributed by atoms with Crippen molar-refractivity contribution in [1.29, 1.82) is 0 Å². The van der Waals surface area contributed by atoms with Gasteiger partial charge in [0, 0.05) is 43.7 Å². The smallest absolute Gasteiger partial charge is 0.0716 e. The molecule has 1 aliphatic heterocycles. The van der Waals surface area contributed by atoms with Gasteiger partial charge in [-0.25, -0.2) is 0 Å². The summed E-state index contributed by atoms with van der Waals surface area (Å²) in [5, 5.41) is 3.41. The number of hydrogen-bond donors (Lipinski definition) is 2. The van der Waals surface area contributed by atoms with E-state index in [1.54, 1.807) is 0 Å². The minimum absolute atomic E-state index is 0.0738. The molecule has 0 radical (unpaired) electrons. The van der Waals surface area contributed by atoms with Crippen LogP contribution >= 0.6 is 0 Å². The molecule has 1 fully saturated rings. The van der Waals surface area contributed by atoms with Gasteiger partial charge in [0.05, 0.1) is 19.8 Å². The molecule has 5 nitrogen and oxygen atoms in total. The fourth-order valence-corrected chi connectivity index (χ4v) is 2.96. The number of nitrogens with one attached hydrogen (secondary N) is 1. The van der Waals surface area contributed by atoms with Gasteiger partial charge in [0.1, 0.15) is 0 Å². The summed E-state index contributed by atoms with van der Waals surface area (Å²) in [4.78, 5) is 2.35. The van der Waals surface area contributed by atoms with E-state index >= 15 is 0 Å². The lowest BCUT2D eigenvalue weighted by Crippen LogP contribution is -2.36. The van der Waals surface area contributed by atoms with Crippen molar-refractivity contribution in [3.8, 4) is 0 Å². The van der Waals surface area contributed by atoms with Crippen molar-refractivity contribution in [2.75, 3.05) is 49.7 Å². The number of nitrogens with two attached hydrogens (primary N) is 1. The highest BCUT2D eigenvalue weighted by atomic mass is 16.5. The second kappa shape index (κ2) is 10.2. The van der Waals surface area contributed by atoms with E-state index in [2.05, 4.69) is 46.6 Å². The largest absolute Gasteiger partial charge is 0.383 e. The standard InChI is InChI=1S/C21H29N3O2/c22-19(10-13-26-17-18-4-2-1-3-5-18)16-23-20-6-8-21(9-7-20)24-11-14-25-15-12-24/h1-9,19,23H,10-17,22H2/t19-/m0/s1. The maximum Gasteiger partial charge on any atom is 0.0716 e. The lowest BCUT2D eigenvalue weighted by molar-refractivity contribution is 0.115. The highest BCUT2D eigenvalue weighted by Crippen LogP contribution is 2.19. The van der Waals surface area contributed by atoms with Crippen molar-refractivity contribution < 1.29 is 9.47 Å². The van der Waals surface area contributed by atoms with Crippen molar-refractivity contribution in [1.82, 2.24) is 0 Å². The Labute approximate surface area is 156 Å². The van der Waals surface area contributed by atoms with Gasteiger partial charge in [0.25, 0.3) is 0 Å². The van der Waals surface area contributed by atoms with Crippen molar-refractivity contribution in [3.63, 3.8) is 0 Å². The van der Waals surface area contributed by atoms with Crippen LogP contribution in [-0.4, -0.2) is 45.5 Å². The molecule has 0 spiro atoms. The zero-order valence-electron chi connectivity index (χ0n) is 15.3. The van der Waals surface area contributed by atoms with Crippen LogP contribution in [0.2, 0.25) is 0 Å².